The number of nitrogen functional groups attached to an aromatic ring is 1. The zero-order chi connectivity index (χ0) is 15.5. The number of aromatic nitrogens is 2. The number of nitrogens with zero attached hydrogens (tertiary/aromatic N) is 3. The Labute approximate surface area is 124 Å². The van der Waals surface area contributed by atoms with Gasteiger partial charge < -0.3 is 5.73 Å². The smallest absolute Gasteiger partial charge is 0.289 e. The lowest BCUT2D eigenvalue weighted by molar-refractivity contribution is -0.387. The predicted molar refractivity (Wildman–Crippen MR) is 76.3 cm³/mol. The molecule has 0 amide bonds. The van der Waals surface area contributed by atoms with Gasteiger partial charge in [0, 0.05) is 19.0 Å². The second-order valence-electron chi connectivity index (χ2n) is 3.91. The van der Waals surface area contributed by atoms with E-state index in [-0.39, 0.29) is 11.4 Å². The molecule has 0 aliphatic carbocycles. The Kier molecular flexibility index (Phi) is 4.45. The lowest BCUT2D eigenvalue weighted by Gasteiger charge is -2.06. The normalized spacial score (nSPS) is 11.4. The van der Waals surface area contributed by atoms with Crippen LogP contribution in [0.5, 0.6) is 0 Å². The average Bonchev–Trinajstić information content (AvgIpc) is 2.84. The van der Waals surface area contributed by atoms with Crippen LogP contribution in [0.3, 0.4) is 0 Å². The fraction of sp³-hybridized carbons (Fsp3) is 0.200. The fourth-order valence-electron chi connectivity index (χ4n) is 1.57. The van der Waals surface area contributed by atoms with Crippen LogP contribution in [0.2, 0.25) is 0 Å². The van der Waals surface area contributed by atoms with E-state index in [0.29, 0.717) is 16.6 Å². The molecule has 0 spiro atoms. The lowest BCUT2D eigenvalue weighted by Crippen LogP contribution is -2.26. The van der Waals surface area contributed by atoms with Gasteiger partial charge in [-0.1, -0.05) is 23.5 Å². The van der Waals surface area contributed by atoms with Crippen molar-refractivity contribution in [2.24, 2.45) is 0 Å². The molecular formula is C10H11N5O4S2. The number of para-hydroxylation sites is 1. The van der Waals surface area contributed by atoms with Gasteiger partial charge in [0.1, 0.15) is 5.01 Å². The number of hydrogen-bond acceptors (Lipinski definition) is 8. The summed E-state index contributed by atoms with van der Waals surface area (Å²) in [5.74, 6) is 0. The highest BCUT2D eigenvalue weighted by Crippen LogP contribution is 2.22. The molecule has 11 heteroatoms. The van der Waals surface area contributed by atoms with Crippen molar-refractivity contribution in [2.45, 2.75) is 11.3 Å². The number of nitro groups is 1. The van der Waals surface area contributed by atoms with Gasteiger partial charge >= 0.3 is 0 Å². The van der Waals surface area contributed by atoms with E-state index in [4.69, 9.17) is 5.73 Å². The Bertz CT molecular complexity index is 758. The van der Waals surface area contributed by atoms with E-state index >= 15 is 0 Å². The molecule has 0 saturated carbocycles. The second-order valence-corrected chi connectivity index (χ2v) is 6.74. The number of nitrogens with two attached hydrogens (primary N) is 1. The Morgan fingerprint density at radius 2 is 2.05 bits per heavy atom. The SMILES string of the molecule is Nc1nnc(CCNS(=O)(=O)c2ccccc2[N+](=O)[O-])s1. The Morgan fingerprint density at radius 3 is 2.67 bits per heavy atom. The van der Waals surface area contributed by atoms with Crippen molar-refractivity contribution in [3.05, 3.63) is 39.4 Å². The summed E-state index contributed by atoms with van der Waals surface area (Å²) in [6.45, 7) is 0.0447. The van der Waals surface area contributed by atoms with E-state index in [1.165, 1.54) is 18.2 Å². The van der Waals surface area contributed by atoms with Crippen molar-refractivity contribution in [2.75, 3.05) is 12.3 Å². The minimum atomic E-state index is -3.97. The topological polar surface area (TPSA) is 141 Å². The maximum atomic E-state index is 12.1. The van der Waals surface area contributed by atoms with Gasteiger partial charge in [0.15, 0.2) is 4.90 Å². The van der Waals surface area contributed by atoms with E-state index in [2.05, 4.69) is 14.9 Å². The third kappa shape index (κ3) is 3.71. The van der Waals surface area contributed by atoms with Crippen molar-refractivity contribution in [3.8, 4) is 0 Å². The molecule has 0 fully saturated rings. The molecule has 3 N–H and O–H groups in total. The van der Waals surface area contributed by atoms with Crippen LogP contribution in [0.1, 0.15) is 5.01 Å². The molecule has 1 aromatic carbocycles. The van der Waals surface area contributed by atoms with E-state index in [1.807, 2.05) is 0 Å². The summed E-state index contributed by atoms with van der Waals surface area (Å²) >= 11 is 1.15. The highest BCUT2D eigenvalue weighted by atomic mass is 32.2. The number of nitrogens with one attached hydrogen (secondary N) is 1. The summed E-state index contributed by atoms with van der Waals surface area (Å²) in [4.78, 5) is 9.74. The van der Waals surface area contributed by atoms with E-state index in [0.717, 1.165) is 17.4 Å². The molecule has 1 heterocycles. The standard InChI is InChI=1S/C10H11N5O4S2/c11-10-14-13-9(20-10)5-6-12-21(18,19)8-4-2-1-3-7(8)15(16)17/h1-4,12H,5-6H2,(H2,11,14). The molecule has 0 saturated heterocycles. The molecule has 2 aromatic rings. The summed E-state index contributed by atoms with van der Waals surface area (Å²) in [5.41, 5.74) is 4.94. The molecule has 1 aromatic heterocycles. The molecular weight excluding hydrogens is 318 g/mol. The molecule has 9 nitrogen and oxygen atoms in total. The average molecular weight is 329 g/mol. The number of sulfonamides is 1. The number of rotatable bonds is 6. The van der Waals surface area contributed by atoms with E-state index in [9.17, 15) is 18.5 Å². The maximum Gasteiger partial charge on any atom is 0.289 e. The zero-order valence-corrected chi connectivity index (χ0v) is 12.2. The van der Waals surface area contributed by atoms with Gasteiger partial charge in [-0.05, 0) is 6.07 Å². The van der Waals surface area contributed by atoms with Crippen LogP contribution >= 0.6 is 11.3 Å². The minimum Gasteiger partial charge on any atom is -0.374 e. The third-order valence-corrected chi connectivity index (χ3v) is 4.79. The molecule has 0 aliphatic heterocycles. The van der Waals surface area contributed by atoms with Gasteiger partial charge in [-0.3, -0.25) is 10.1 Å². The van der Waals surface area contributed by atoms with E-state index < -0.39 is 20.6 Å². The first kappa shape index (κ1) is 15.3. The van der Waals surface area contributed by atoms with Crippen LogP contribution in [0.15, 0.2) is 29.2 Å². The van der Waals surface area contributed by atoms with Gasteiger partial charge in [0.2, 0.25) is 15.2 Å². The van der Waals surface area contributed by atoms with Crippen LogP contribution < -0.4 is 10.5 Å². The van der Waals surface area contributed by atoms with Crippen LogP contribution in [-0.4, -0.2) is 30.1 Å². The largest absolute Gasteiger partial charge is 0.374 e. The summed E-state index contributed by atoms with van der Waals surface area (Å²) in [5, 5.41) is 19.1. The number of nitro benzene ring substituents is 1. The summed E-state index contributed by atoms with van der Waals surface area (Å²) < 4.78 is 26.5. The second kappa shape index (κ2) is 6.11. The maximum absolute atomic E-state index is 12.1. The minimum absolute atomic E-state index is 0.0447. The molecule has 0 unspecified atom stereocenters. The summed E-state index contributed by atoms with van der Waals surface area (Å²) in [7, 11) is -3.97. The lowest BCUT2D eigenvalue weighted by atomic mass is 10.3. The van der Waals surface area contributed by atoms with Gasteiger partial charge in [-0.2, -0.15) is 0 Å². The predicted octanol–water partition coefficient (Wildman–Crippen LogP) is 0.549. The van der Waals surface area contributed by atoms with Gasteiger partial charge in [0.05, 0.1) is 4.92 Å². The van der Waals surface area contributed by atoms with Crippen molar-refractivity contribution in [1.82, 2.24) is 14.9 Å². The van der Waals surface area contributed by atoms with Crippen LogP contribution in [-0.2, 0) is 16.4 Å². The van der Waals surface area contributed by atoms with Crippen molar-refractivity contribution < 1.29 is 13.3 Å². The molecule has 0 bridgehead atoms. The van der Waals surface area contributed by atoms with Gasteiger partial charge in [-0.15, -0.1) is 10.2 Å². The van der Waals surface area contributed by atoms with Crippen molar-refractivity contribution in [3.63, 3.8) is 0 Å². The van der Waals surface area contributed by atoms with Crippen LogP contribution in [0, 0.1) is 10.1 Å². The molecule has 112 valence electrons. The van der Waals surface area contributed by atoms with Crippen molar-refractivity contribution in [1.29, 1.82) is 0 Å². The first-order valence-corrected chi connectivity index (χ1v) is 8.01. The molecule has 21 heavy (non-hydrogen) atoms. The first-order chi connectivity index (χ1) is 9.90. The summed E-state index contributed by atoms with van der Waals surface area (Å²) in [6, 6.07) is 5.15. The Hall–Kier alpha value is -2.11. The molecule has 0 aliphatic rings. The quantitative estimate of drug-likeness (QED) is 0.582. The highest BCUT2D eigenvalue weighted by Gasteiger charge is 2.24. The highest BCUT2D eigenvalue weighted by molar-refractivity contribution is 7.89. The third-order valence-electron chi connectivity index (χ3n) is 2.46. The fourth-order valence-corrected chi connectivity index (χ4v) is 3.38. The summed E-state index contributed by atoms with van der Waals surface area (Å²) in [6.07, 6.45) is 0.300. The molecule has 2 rings (SSSR count). The molecule has 0 radical (unpaired) electrons. The molecule has 0 atom stereocenters. The number of hydrogen-bond donors (Lipinski definition) is 2. The zero-order valence-electron chi connectivity index (χ0n) is 10.6. The Morgan fingerprint density at radius 1 is 1.33 bits per heavy atom. The number of benzene rings is 1. The Balaban J connectivity index is 2.10. The van der Waals surface area contributed by atoms with Crippen LogP contribution in [0.4, 0.5) is 10.8 Å². The monoisotopic (exact) mass is 329 g/mol. The van der Waals surface area contributed by atoms with Crippen LogP contribution in [0.25, 0.3) is 0 Å². The van der Waals surface area contributed by atoms with Crippen molar-refractivity contribution >= 4 is 32.2 Å². The number of anilines is 1. The van der Waals surface area contributed by atoms with Gasteiger partial charge in [-0.25, -0.2) is 13.1 Å². The first-order valence-electron chi connectivity index (χ1n) is 5.71. The van der Waals surface area contributed by atoms with Gasteiger partial charge in [0.25, 0.3) is 5.69 Å². The van der Waals surface area contributed by atoms with E-state index in [1.54, 1.807) is 0 Å².